The van der Waals surface area contributed by atoms with Crippen LogP contribution < -0.4 is 20.4 Å². The summed E-state index contributed by atoms with van der Waals surface area (Å²) < 4.78 is 6.90. The molecule has 30 heavy (non-hydrogen) atoms. The van der Waals surface area contributed by atoms with Crippen molar-refractivity contribution < 1.29 is 4.74 Å². The first-order valence-electron chi connectivity index (χ1n) is 9.04. The van der Waals surface area contributed by atoms with E-state index in [2.05, 4.69) is 10.1 Å². The van der Waals surface area contributed by atoms with Crippen LogP contribution >= 0.6 is 22.9 Å². The van der Waals surface area contributed by atoms with Crippen LogP contribution in [0.3, 0.4) is 0 Å². The smallest absolute Gasteiger partial charge is 0.296 e. The second-order valence-electron chi connectivity index (χ2n) is 6.37. The highest BCUT2D eigenvalue weighted by Crippen LogP contribution is 2.19. The number of ether oxygens (including phenoxy) is 1. The van der Waals surface area contributed by atoms with Crippen molar-refractivity contribution in [3.8, 4) is 5.75 Å². The average Bonchev–Trinajstić information content (AvgIpc) is 3.05. The lowest BCUT2D eigenvalue weighted by molar-refractivity contribution is 0.414. The zero-order valence-electron chi connectivity index (χ0n) is 15.9. The Morgan fingerprint density at radius 3 is 2.70 bits per heavy atom. The predicted molar refractivity (Wildman–Crippen MR) is 119 cm³/mol. The topological polar surface area (TPSA) is 73.6 Å². The molecule has 2 heterocycles. The molecule has 0 radical (unpaired) electrons. The first-order valence-corrected chi connectivity index (χ1v) is 10.2. The summed E-state index contributed by atoms with van der Waals surface area (Å²) in [5.74, 6) is 0.735. The van der Waals surface area contributed by atoms with Crippen LogP contribution in [0.1, 0.15) is 16.8 Å². The number of rotatable bonds is 5. The van der Waals surface area contributed by atoms with Crippen molar-refractivity contribution in [3.05, 3.63) is 102 Å². The molecule has 0 N–H and O–H groups in total. The van der Waals surface area contributed by atoms with E-state index in [4.69, 9.17) is 16.3 Å². The monoisotopic (exact) mass is 437 g/mol. The van der Waals surface area contributed by atoms with Crippen molar-refractivity contribution in [2.75, 3.05) is 7.11 Å². The third-order valence-corrected chi connectivity index (χ3v) is 5.77. The summed E-state index contributed by atoms with van der Waals surface area (Å²) in [6.07, 6.45) is 5.48. The number of aromatic nitrogens is 3. The lowest BCUT2D eigenvalue weighted by atomic mass is 10.1. The molecule has 8 heteroatoms. The van der Waals surface area contributed by atoms with Gasteiger partial charge >= 0.3 is 0 Å². The first kappa shape index (κ1) is 20.0. The highest BCUT2D eigenvalue weighted by Gasteiger charge is 2.12. The highest BCUT2D eigenvalue weighted by atomic mass is 35.5. The van der Waals surface area contributed by atoms with Gasteiger partial charge in [0.15, 0.2) is 0 Å². The molecule has 0 spiro atoms. The van der Waals surface area contributed by atoms with Crippen LogP contribution in [0.25, 0.3) is 17.1 Å². The van der Waals surface area contributed by atoms with Gasteiger partial charge in [0, 0.05) is 17.0 Å². The third kappa shape index (κ3) is 4.03. The first-order chi connectivity index (χ1) is 14.6. The lowest BCUT2D eigenvalue weighted by Gasteiger charge is -2.02. The largest absolute Gasteiger partial charge is 0.496 e. The van der Waals surface area contributed by atoms with Gasteiger partial charge in [-0.3, -0.25) is 9.59 Å². The Hall–Kier alpha value is -3.29. The summed E-state index contributed by atoms with van der Waals surface area (Å²) >= 11 is 7.29. The maximum Gasteiger partial charge on any atom is 0.296 e. The summed E-state index contributed by atoms with van der Waals surface area (Å²) in [6, 6.07) is 14.7. The van der Waals surface area contributed by atoms with Crippen molar-refractivity contribution in [2.24, 2.45) is 0 Å². The summed E-state index contributed by atoms with van der Waals surface area (Å²) in [4.78, 5) is 29.4. The Balaban J connectivity index is 1.71. The van der Waals surface area contributed by atoms with E-state index >= 15 is 0 Å². The minimum absolute atomic E-state index is 0.173. The number of thiazole rings is 1. The number of allylic oxidation sites excluding steroid dienone is 1. The molecule has 0 bridgehead atoms. The predicted octanol–water partition coefficient (Wildman–Crippen LogP) is 2.98. The summed E-state index contributed by atoms with van der Waals surface area (Å²) in [7, 11) is 1.60. The minimum atomic E-state index is -0.465. The standard InChI is InChI=1S/C22H16ClN3O3S/c1-29-18-11-5-3-7-14(18)9-6-12-19-21(28)26-22(30-19)24-20(27)17(25-26)13-15-8-2-4-10-16(15)23/h2-12H,13H2,1H3/b9-6-,19-12?. The molecule has 0 aliphatic heterocycles. The lowest BCUT2D eigenvalue weighted by Crippen LogP contribution is -2.27. The third-order valence-electron chi connectivity index (χ3n) is 4.43. The fourth-order valence-electron chi connectivity index (χ4n) is 2.93. The van der Waals surface area contributed by atoms with Crippen LogP contribution in [0, 0.1) is 0 Å². The van der Waals surface area contributed by atoms with Gasteiger partial charge in [0.05, 0.1) is 11.6 Å². The average molecular weight is 438 g/mol. The van der Waals surface area contributed by atoms with Crippen molar-refractivity contribution in [2.45, 2.75) is 6.42 Å². The maximum atomic E-state index is 12.7. The molecule has 0 amide bonds. The molecule has 2 aromatic heterocycles. The minimum Gasteiger partial charge on any atom is -0.496 e. The van der Waals surface area contributed by atoms with Crippen molar-refractivity contribution in [1.29, 1.82) is 0 Å². The van der Waals surface area contributed by atoms with E-state index in [0.717, 1.165) is 28.2 Å². The number of methoxy groups -OCH3 is 1. The molecule has 0 fully saturated rings. The zero-order chi connectivity index (χ0) is 21.1. The molecule has 0 saturated heterocycles. The molecule has 0 aliphatic carbocycles. The quantitative estimate of drug-likeness (QED) is 0.480. The Kier molecular flexibility index (Phi) is 5.74. The highest BCUT2D eigenvalue weighted by molar-refractivity contribution is 7.15. The summed E-state index contributed by atoms with van der Waals surface area (Å²) in [5, 5.41) is 4.78. The maximum absolute atomic E-state index is 12.7. The molecule has 0 aliphatic rings. The van der Waals surface area contributed by atoms with Gasteiger partial charge < -0.3 is 4.74 Å². The van der Waals surface area contributed by atoms with E-state index in [1.807, 2.05) is 48.5 Å². The number of fused-ring (bicyclic) bond motifs is 1. The van der Waals surface area contributed by atoms with Gasteiger partial charge in [0.2, 0.25) is 4.96 Å². The molecule has 150 valence electrons. The van der Waals surface area contributed by atoms with Crippen LogP contribution in [0.2, 0.25) is 5.02 Å². The van der Waals surface area contributed by atoms with E-state index in [1.165, 1.54) is 4.52 Å². The van der Waals surface area contributed by atoms with Crippen molar-refractivity contribution in [3.63, 3.8) is 0 Å². The molecule has 0 atom stereocenters. The number of halogens is 1. The van der Waals surface area contributed by atoms with Crippen LogP contribution in [-0.2, 0) is 6.42 Å². The van der Waals surface area contributed by atoms with Crippen LogP contribution in [0.4, 0.5) is 0 Å². The van der Waals surface area contributed by atoms with E-state index in [0.29, 0.717) is 9.55 Å². The number of hydrogen-bond donors (Lipinski definition) is 0. The van der Waals surface area contributed by atoms with Crippen LogP contribution in [-0.4, -0.2) is 21.7 Å². The number of para-hydroxylation sites is 1. The van der Waals surface area contributed by atoms with Crippen LogP contribution in [0.5, 0.6) is 5.75 Å². The van der Waals surface area contributed by atoms with Gasteiger partial charge in [-0.25, -0.2) is 0 Å². The number of nitrogens with zero attached hydrogens (tertiary/aromatic N) is 3. The van der Waals surface area contributed by atoms with Gasteiger partial charge in [0.1, 0.15) is 11.4 Å². The van der Waals surface area contributed by atoms with Gasteiger partial charge in [-0.15, -0.1) is 0 Å². The molecule has 6 nitrogen and oxygen atoms in total. The molecular formula is C22H16ClN3O3S. The Morgan fingerprint density at radius 1 is 1.13 bits per heavy atom. The van der Waals surface area contributed by atoms with E-state index in [-0.39, 0.29) is 22.6 Å². The fraction of sp³-hybridized carbons (Fsp3) is 0.0909. The molecule has 0 saturated carbocycles. The van der Waals surface area contributed by atoms with Gasteiger partial charge in [-0.2, -0.15) is 14.6 Å². The molecular weight excluding hydrogens is 422 g/mol. The van der Waals surface area contributed by atoms with E-state index < -0.39 is 5.56 Å². The van der Waals surface area contributed by atoms with E-state index in [9.17, 15) is 9.59 Å². The van der Waals surface area contributed by atoms with Gasteiger partial charge in [0.25, 0.3) is 11.1 Å². The molecule has 4 rings (SSSR count). The van der Waals surface area contributed by atoms with Crippen LogP contribution in [0.15, 0.2) is 64.2 Å². The number of benzene rings is 2. The zero-order valence-corrected chi connectivity index (χ0v) is 17.5. The van der Waals surface area contributed by atoms with E-state index in [1.54, 1.807) is 25.3 Å². The van der Waals surface area contributed by atoms with Gasteiger partial charge in [-0.1, -0.05) is 71.5 Å². The Morgan fingerprint density at radius 2 is 1.90 bits per heavy atom. The fourth-order valence-corrected chi connectivity index (χ4v) is 3.99. The summed E-state index contributed by atoms with van der Waals surface area (Å²) in [5.41, 5.74) is 1.02. The molecule has 2 aromatic carbocycles. The van der Waals surface area contributed by atoms with Crippen molar-refractivity contribution >= 4 is 40.1 Å². The normalized spacial score (nSPS) is 12.1. The van der Waals surface area contributed by atoms with Gasteiger partial charge in [-0.05, 0) is 23.8 Å². The summed E-state index contributed by atoms with van der Waals surface area (Å²) in [6.45, 7) is 0. The Bertz CT molecular complexity index is 1430. The van der Waals surface area contributed by atoms with Crippen molar-refractivity contribution in [1.82, 2.24) is 14.6 Å². The Labute approximate surface area is 180 Å². The number of hydrogen-bond acceptors (Lipinski definition) is 6. The molecule has 0 unspecified atom stereocenters. The second-order valence-corrected chi connectivity index (χ2v) is 7.78. The second kappa shape index (κ2) is 8.61. The molecule has 4 aromatic rings. The SMILES string of the molecule is COc1ccccc1/C=C\C=c1sc2nc(=O)c(Cc3ccccc3Cl)nn2c1=O.